The quantitative estimate of drug-likeness (QED) is 0.447. The van der Waals surface area contributed by atoms with E-state index in [1.807, 2.05) is 36.4 Å². The summed E-state index contributed by atoms with van der Waals surface area (Å²) < 4.78 is 5.87. The van der Waals surface area contributed by atoms with E-state index >= 15 is 0 Å². The van der Waals surface area contributed by atoms with Crippen LogP contribution < -0.4 is 4.74 Å². The zero-order valence-electron chi connectivity index (χ0n) is 16.2. The van der Waals surface area contributed by atoms with E-state index in [1.54, 1.807) is 6.21 Å². The van der Waals surface area contributed by atoms with Crippen LogP contribution in [0, 0.1) is 30.6 Å². The second kappa shape index (κ2) is 6.99. The molecule has 3 aliphatic rings. The minimum atomic E-state index is -0.223. The molecule has 0 radical (unpaired) electrons. The number of carbonyl (C=O) groups is 2. The van der Waals surface area contributed by atoms with Gasteiger partial charge in [0.2, 0.25) is 0 Å². The van der Waals surface area contributed by atoms with Gasteiger partial charge in [-0.1, -0.05) is 54.1 Å². The number of fused-ring (bicyclic) bond motifs is 5. The van der Waals surface area contributed by atoms with Crippen molar-refractivity contribution in [3.63, 3.8) is 0 Å². The van der Waals surface area contributed by atoms with Crippen LogP contribution in [-0.2, 0) is 16.2 Å². The highest BCUT2D eigenvalue weighted by Gasteiger charge is 2.59. The Labute approximate surface area is 169 Å². The Kier molecular flexibility index (Phi) is 4.31. The smallest absolute Gasteiger partial charge is 0.254 e. The van der Waals surface area contributed by atoms with E-state index in [0.717, 1.165) is 22.6 Å². The summed E-state index contributed by atoms with van der Waals surface area (Å²) in [6, 6.07) is 15.7. The summed E-state index contributed by atoms with van der Waals surface area (Å²) in [7, 11) is 0. The maximum atomic E-state index is 12.7. The molecule has 0 unspecified atom stereocenters. The van der Waals surface area contributed by atoms with Crippen LogP contribution in [0.5, 0.6) is 5.75 Å². The number of imide groups is 1. The molecule has 2 aromatic rings. The van der Waals surface area contributed by atoms with Crippen molar-refractivity contribution < 1.29 is 14.3 Å². The Morgan fingerprint density at radius 1 is 1.03 bits per heavy atom. The molecule has 1 heterocycles. The largest absolute Gasteiger partial charge is 0.489 e. The maximum Gasteiger partial charge on any atom is 0.254 e. The third-order valence-electron chi connectivity index (χ3n) is 6.15. The predicted octanol–water partition coefficient (Wildman–Crippen LogP) is 3.72. The average Bonchev–Trinajstić information content (AvgIpc) is 3.41. The van der Waals surface area contributed by atoms with Crippen LogP contribution in [0.1, 0.15) is 23.1 Å². The first-order chi connectivity index (χ1) is 14.1. The van der Waals surface area contributed by atoms with Crippen molar-refractivity contribution >= 4 is 18.0 Å². The highest BCUT2D eigenvalue weighted by Crippen LogP contribution is 2.52. The van der Waals surface area contributed by atoms with Crippen molar-refractivity contribution in [3.8, 4) is 5.75 Å². The monoisotopic (exact) mass is 386 g/mol. The first-order valence-corrected chi connectivity index (χ1v) is 9.99. The Morgan fingerprint density at radius 2 is 1.72 bits per heavy atom. The average molecular weight is 386 g/mol. The number of aryl methyl sites for hydroxylation is 1. The summed E-state index contributed by atoms with van der Waals surface area (Å²) in [5, 5.41) is 5.30. The van der Waals surface area contributed by atoms with Gasteiger partial charge in [-0.25, -0.2) is 0 Å². The highest BCUT2D eigenvalue weighted by atomic mass is 16.5. The maximum absolute atomic E-state index is 12.7. The van der Waals surface area contributed by atoms with Crippen molar-refractivity contribution in [1.29, 1.82) is 0 Å². The lowest BCUT2D eigenvalue weighted by atomic mass is 9.85. The number of allylic oxidation sites excluding steroid dienone is 2. The SMILES string of the molecule is Cc1ccc(COc2cccc(/C=N\N3C(=O)[C@H]4[C@H](C3=O)[C@H]3C=C[C@H]4C3)c2)cc1. The molecule has 2 amide bonds. The Balaban J connectivity index is 1.27. The van der Waals surface area contributed by atoms with E-state index in [9.17, 15) is 9.59 Å². The highest BCUT2D eigenvalue weighted by molar-refractivity contribution is 6.06. The van der Waals surface area contributed by atoms with Crippen LogP contribution in [0.3, 0.4) is 0 Å². The zero-order chi connectivity index (χ0) is 20.0. The van der Waals surface area contributed by atoms with Crippen LogP contribution in [0.4, 0.5) is 0 Å². The number of hydrogen-bond donors (Lipinski definition) is 0. The van der Waals surface area contributed by atoms with Crippen molar-refractivity contribution in [2.24, 2.45) is 28.8 Å². The summed E-state index contributed by atoms with van der Waals surface area (Å²) in [6.45, 7) is 2.53. The van der Waals surface area contributed by atoms with Gasteiger partial charge in [0.05, 0.1) is 18.1 Å². The lowest BCUT2D eigenvalue weighted by Crippen LogP contribution is -2.28. The van der Waals surface area contributed by atoms with Gasteiger partial charge in [-0.2, -0.15) is 10.1 Å². The summed E-state index contributed by atoms with van der Waals surface area (Å²) in [6.07, 6.45) is 6.65. The van der Waals surface area contributed by atoms with Crippen LogP contribution in [0.2, 0.25) is 0 Å². The minimum absolute atomic E-state index is 0.167. The summed E-state index contributed by atoms with van der Waals surface area (Å²) in [5.74, 6) is 0.324. The number of rotatable bonds is 5. The van der Waals surface area contributed by atoms with E-state index in [2.05, 4.69) is 36.3 Å². The van der Waals surface area contributed by atoms with Gasteiger partial charge >= 0.3 is 0 Å². The number of hydrogen-bond acceptors (Lipinski definition) is 4. The van der Waals surface area contributed by atoms with E-state index in [1.165, 1.54) is 5.56 Å². The van der Waals surface area contributed by atoms with E-state index in [-0.39, 0.29) is 35.5 Å². The second-order valence-electron chi connectivity index (χ2n) is 8.08. The van der Waals surface area contributed by atoms with Gasteiger partial charge < -0.3 is 4.74 Å². The first-order valence-electron chi connectivity index (χ1n) is 9.99. The molecule has 4 atom stereocenters. The van der Waals surface area contributed by atoms with Gasteiger partial charge in [-0.3, -0.25) is 9.59 Å². The van der Waals surface area contributed by atoms with Gasteiger partial charge in [0.1, 0.15) is 12.4 Å². The first kappa shape index (κ1) is 17.9. The van der Waals surface area contributed by atoms with Crippen LogP contribution in [0.25, 0.3) is 0 Å². The summed E-state index contributed by atoms with van der Waals surface area (Å²) >= 11 is 0. The van der Waals surface area contributed by atoms with Crippen molar-refractivity contribution in [2.75, 3.05) is 0 Å². The number of amides is 2. The van der Waals surface area contributed by atoms with E-state index in [0.29, 0.717) is 12.4 Å². The Morgan fingerprint density at radius 3 is 2.41 bits per heavy atom. The predicted molar refractivity (Wildman–Crippen MR) is 109 cm³/mol. The number of benzene rings is 2. The number of ether oxygens (including phenoxy) is 1. The minimum Gasteiger partial charge on any atom is -0.489 e. The molecule has 1 saturated carbocycles. The number of hydrazone groups is 1. The molecule has 1 saturated heterocycles. The van der Waals surface area contributed by atoms with Crippen LogP contribution >= 0.6 is 0 Å². The van der Waals surface area contributed by atoms with Gasteiger partial charge in [0.15, 0.2) is 0 Å². The fraction of sp³-hybridized carbons (Fsp3) is 0.292. The fourth-order valence-electron chi connectivity index (χ4n) is 4.66. The van der Waals surface area contributed by atoms with Gasteiger partial charge in [0.25, 0.3) is 11.8 Å². The van der Waals surface area contributed by atoms with Crippen LogP contribution in [-0.4, -0.2) is 23.0 Å². The van der Waals surface area contributed by atoms with Gasteiger partial charge in [-0.15, -0.1) is 0 Å². The van der Waals surface area contributed by atoms with E-state index in [4.69, 9.17) is 4.74 Å². The Bertz CT molecular complexity index is 995. The molecular weight excluding hydrogens is 364 g/mol. The normalized spacial score (nSPS) is 27.3. The molecule has 146 valence electrons. The van der Waals surface area contributed by atoms with Gasteiger partial charge in [0, 0.05) is 0 Å². The summed E-state index contributed by atoms with van der Waals surface area (Å²) in [4.78, 5) is 25.4. The lowest BCUT2D eigenvalue weighted by Gasteiger charge is -2.13. The Hall–Kier alpha value is -3.21. The standard InChI is InChI=1S/C24H22N2O3/c1-15-5-7-16(8-6-15)14-29-20-4-2-3-17(11-20)13-25-26-23(27)21-18-9-10-19(12-18)22(21)24(26)28/h2-11,13,18-19,21-22H,12,14H2,1H3/b25-13-/t18-,19-,21+,22+/m0/s1. The molecule has 0 aromatic heterocycles. The molecule has 2 aromatic carbocycles. The molecule has 29 heavy (non-hydrogen) atoms. The third-order valence-corrected chi connectivity index (χ3v) is 6.15. The van der Waals surface area contributed by atoms with E-state index < -0.39 is 0 Å². The topological polar surface area (TPSA) is 59.0 Å². The van der Waals surface area contributed by atoms with Crippen molar-refractivity contribution in [2.45, 2.75) is 20.0 Å². The molecule has 0 N–H and O–H groups in total. The molecule has 5 heteroatoms. The van der Waals surface area contributed by atoms with Crippen molar-refractivity contribution in [1.82, 2.24) is 5.01 Å². The molecular formula is C24H22N2O3. The second-order valence-corrected chi connectivity index (χ2v) is 8.08. The summed E-state index contributed by atoms with van der Waals surface area (Å²) in [5.41, 5.74) is 3.09. The molecule has 2 bridgehead atoms. The molecule has 2 fully saturated rings. The van der Waals surface area contributed by atoms with Crippen molar-refractivity contribution in [3.05, 3.63) is 77.4 Å². The number of carbonyl (C=O) groups excluding carboxylic acids is 2. The van der Waals surface area contributed by atoms with Crippen LogP contribution in [0.15, 0.2) is 65.8 Å². The van der Waals surface area contributed by atoms with Gasteiger partial charge in [-0.05, 0) is 48.4 Å². The molecule has 5 rings (SSSR count). The molecule has 2 aliphatic carbocycles. The molecule has 0 spiro atoms. The third kappa shape index (κ3) is 3.16. The molecule has 1 aliphatic heterocycles. The number of nitrogens with zero attached hydrogens (tertiary/aromatic N) is 2. The lowest BCUT2D eigenvalue weighted by molar-refractivity contribution is -0.140. The fourth-order valence-corrected chi connectivity index (χ4v) is 4.66. The molecule has 5 nitrogen and oxygen atoms in total. The zero-order valence-corrected chi connectivity index (χ0v) is 16.2.